The second kappa shape index (κ2) is 4.01. The first kappa shape index (κ1) is 11.1. The van der Waals surface area contributed by atoms with Crippen LogP contribution < -0.4 is 11.1 Å². The Labute approximate surface area is 100 Å². The highest BCUT2D eigenvalue weighted by molar-refractivity contribution is 5.17. The van der Waals surface area contributed by atoms with E-state index < -0.39 is 11.6 Å². The number of nitrogens with zero attached hydrogens (tertiary/aromatic N) is 2. The van der Waals surface area contributed by atoms with Gasteiger partial charge in [-0.3, -0.25) is 0 Å². The van der Waals surface area contributed by atoms with Crippen LogP contribution in [0.15, 0.2) is 18.7 Å². The van der Waals surface area contributed by atoms with Crippen LogP contribution in [0.3, 0.4) is 0 Å². The fourth-order valence-corrected chi connectivity index (χ4v) is 3.20. The number of rotatable bonds is 2. The molecular formula is C12H18N4O. The van der Waals surface area contributed by atoms with Gasteiger partial charge in [0, 0.05) is 30.0 Å². The van der Waals surface area contributed by atoms with Gasteiger partial charge in [-0.1, -0.05) is 0 Å². The summed E-state index contributed by atoms with van der Waals surface area (Å²) in [4.78, 5) is 7.94. The molecule has 2 bridgehead atoms. The SMILES string of the molecule is NC(c1cncnc1)C1(O)CC2CCC(C1)N2. The summed E-state index contributed by atoms with van der Waals surface area (Å²) < 4.78 is 0. The molecule has 3 atom stereocenters. The average Bonchev–Trinajstić information content (AvgIpc) is 2.69. The maximum absolute atomic E-state index is 10.8. The highest BCUT2D eigenvalue weighted by Gasteiger charge is 2.46. The zero-order valence-electron chi connectivity index (χ0n) is 9.71. The first-order valence-corrected chi connectivity index (χ1v) is 6.16. The zero-order valence-corrected chi connectivity index (χ0v) is 9.71. The van der Waals surface area contributed by atoms with Crippen LogP contribution in [0.25, 0.3) is 0 Å². The molecule has 0 saturated carbocycles. The number of aliphatic hydroxyl groups is 1. The van der Waals surface area contributed by atoms with Crippen LogP contribution in [-0.2, 0) is 0 Å². The smallest absolute Gasteiger partial charge is 0.115 e. The summed E-state index contributed by atoms with van der Waals surface area (Å²) in [6.07, 6.45) is 8.60. The molecule has 17 heavy (non-hydrogen) atoms. The molecule has 3 unspecified atom stereocenters. The van der Waals surface area contributed by atoms with Crippen LogP contribution in [0.1, 0.15) is 37.3 Å². The summed E-state index contributed by atoms with van der Waals surface area (Å²) in [5.74, 6) is 0. The summed E-state index contributed by atoms with van der Waals surface area (Å²) in [5, 5.41) is 14.3. The van der Waals surface area contributed by atoms with Crippen molar-refractivity contribution in [1.29, 1.82) is 0 Å². The first-order valence-electron chi connectivity index (χ1n) is 6.16. The topological polar surface area (TPSA) is 84.1 Å². The molecule has 2 fully saturated rings. The van der Waals surface area contributed by atoms with E-state index >= 15 is 0 Å². The molecule has 5 heteroatoms. The van der Waals surface area contributed by atoms with E-state index in [0.717, 1.165) is 31.2 Å². The van der Waals surface area contributed by atoms with Crippen molar-refractivity contribution in [2.75, 3.05) is 0 Å². The number of nitrogens with one attached hydrogen (secondary N) is 1. The molecule has 0 spiro atoms. The Morgan fingerprint density at radius 3 is 2.47 bits per heavy atom. The van der Waals surface area contributed by atoms with E-state index in [-0.39, 0.29) is 0 Å². The Bertz CT molecular complexity index is 385. The minimum atomic E-state index is -0.818. The van der Waals surface area contributed by atoms with Crippen LogP contribution >= 0.6 is 0 Å². The van der Waals surface area contributed by atoms with Gasteiger partial charge in [0.05, 0.1) is 11.6 Å². The molecule has 4 N–H and O–H groups in total. The average molecular weight is 234 g/mol. The normalized spacial score (nSPS) is 38.0. The van der Waals surface area contributed by atoms with E-state index in [1.54, 1.807) is 12.4 Å². The number of piperidine rings is 1. The molecular weight excluding hydrogens is 216 g/mol. The van der Waals surface area contributed by atoms with Crippen molar-refractivity contribution in [3.05, 3.63) is 24.3 Å². The lowest BCUT2D eigenvalue weighted by Crippen LogP contribution is -2.53. The second-order valence-electron chi connectivity index (χ2n) is 5.30. The van der Waals surface area contributed by atoms with Crippen LogP contribution in [0.2, 0.25) is 0 Å². The minimum absolute atomic E-state index is 0.395. The van der Waals surface area contributed by atoms with E-state index in [4.69, 9.17) is 5.73 Å². The largest absolute Gasteiger partial charge is 0.388 e. The van der Waals surface area contributed by atoms with Crippen molar-refractivity contribution in [3.8, 4) is 0 Å². The lowest BCUT2D eigenvalue weighted by Gasteiger charge is -2.41. The van der Waals surface area contributed by atoms with Gasteiger partial charge in [0.2, 0.25) is 0 Å². The van der Waals surface area contributed by atoms with Crippen molar-refractivity contribution in [2.24, 2.45) is 5.73 Å². The Morgan fingerprint density at radius 1 is 1.29 bits per heavy atom. The molecule has 2 aliphatic heterocycles. The first-order chi connectivity index (χ1) is 8.17. The van der Waals surface area contributed by atoms with Gasteiger partial charge < -0.3 is 16.2 Å². The fourth-order valence-electron chi connectivity index (χ4n) is 3.20. The van der Waals surface area contributed by atoms with Gasteiger partial charge in [-0.25, -0.2) is 9.97 Å². The van der Waals surface area contributed by atoms with Crippen molar-refractivity contribution in [2.45, 2.75) is 49.4 Å². The van der Waals surface area contributed by atoms with E-state index in [1.165, 1.54) is 6.33 Å². The molecule has 3 rings (SSSR count). The summed E-state index contributed by atoms with van der Waals surface area (Å²) in [7, 11) is 0. The summed E-state index contributed by atoms with van der Waals surface area (Å²) in [6.45, 7) is 0. The molecule has 0 aromatic carbocycles. The number of fused-ring (bicyclic) bond motifs is 2. The monoisotopic (exact) mass is 234 g/mol. The van der Waals surface area contributed by atoms with Crippen LogP contribution in [-0.4, -0.2) is 32.8 Å². The van der Waals surface area contributed by atoms with E-state index in [1.807, 2.05) is 0 Å². The zero-order chi connectivity index (χ0) is 11.9. The van der Waals surface area contributed by atoms with Crippen molar-refractivity contribution in [3.63, 3.8) is 0 Å². The number of nitrogens with two attached hydrogens (primary N) is 1. The van der Waals surface area contributed by atoms with Gasteiger partial charge >= 0.3 is 0 Å². The van der Waals surface area contributed by atoms with Gasteiger partial charge in [0.1, 0.15) is 6.33 Å². The second-order valence-corrected chi connectivity index (χ2v) is 5.30. The molecule has 1 aromatic rings. The quantitative estimate of drug-likeness (QED) is 0.677. The maximum Gasteiger partial charge on any atom is 0.115 e. The third kappa shape index (κ3) is 1.94. The van der Waals surface area contributed by atoms with Crippen LogP contribution in [0, 0.1) is 0 Å². The highest BCUT2D eigenvalue weighted by atomic mass is 16.3. The van der Waals surface area contributed by atoms with Crippen LogP contribution in [0.5, 0.6) is 0 Å². The molecule has 2 aliphatic rings. The molecule has 0 aliphatic carbocycles. The third-order valence-corrected chi connectivity index (χ3v) is 4.05. The van der Waals surface area contributed by atoms with Gasteiger partial charge in [0.25, 0.3) is 0 Å². The Kier molecular flexibility index (Phi) is 2.61. The van der Waals surface area contributed by atoms with Gasteiger partial charge in [-0.2, -0.15) is 0 Å². The van der Waals surface area contributed by atoms with Gasteiger partial charge in [0.15, 0.2) is 0 Å². The van der Waals surface area contributed by atoms with Gasteiger partial charge in [-0.15, -0.1) is 0 Å². The number of hydrogen-bond acceptors (Lipinski definition) is 5. The molecule has 0 radical (unpaired) electrons. The van der Waals surface area contributed by atoms with E-state index in [9.17, 15) is 5.11 Å². The Balaban J connectivity index is 1.83. The molecule has 92 valence electrons. The summed E-state index contributed by atoms with van der Waals surface area (Å²) >= 11 is 0. The fraction of sp³-hybridized carbons (Fsp3) is 0.667. The Morgan fingerprint density at radius 2 is 1.88 bits per heavy atom. The highest BCUT2D eigenvalue weighted by Crippen LogP contribution is 2.40. The molecule has 0 amide bonds. The van der Waals surface area contributed by atoms with E-state index in [2.05, 4.69) is 15.3 Å². The number of hydrogen-bond donors (Lipinski definition) is 3. The number of aromatic nitrogens is 2. The third-order valence-electron chi connectivity index (χ3n) is 4.05. The lowest BCUT2D eigenvalue weighted by molar-refractivity contribution is -0.0299. The predicted octanol–water partition coefficient (Wildman–Crippen LogP) is 0.122. The summed E-state index contributed by atoms with van der Waals surface area (Å²) in [6, 6.07) is 0.428. The van der Waals surface area contributed by atoms with Gasteiger partial charge in [-0.05, 0) is 25.7 Å². The molecule has 1 aromatic heterocycles. The molecule has 5 nitrogen and oxygen atoms in total. The minimum Gasteiger partial charge on any atom is -0.388 e. The predicted molar refractivity (Wildman–Crippen MR) is 63.1 cm³/mol. The van der Waals surface area contributed by atoms with Crippen molar-refractivity contribution in [1.82, 2.24) is 15.3 Å². The van der Waals surface area contributed by atoms with Crippen molar-refractivity contribution >= 4 is 0 Å². The molecule has 2 saturated heterocycles. The maximum atomic E-state index is 10.8. The Hall–Kier alpha value is -1.04. The van der Waals surface area contributed by atoms with Crippen LogP contribution in [0.4, 0.5) is 0 Å². The standard InChI is InChI=1S/C12H18N4O/c13-11(8-5-14-7-15-6-8)12(17)3-9-1-2-10(4-12)16-9/h5-7,9-11,16-17H,1-4,13H2. The molecule has 3 heterocycles. The lowest BCUT2D eigenvalue weighted by atomic mass is 9.79. The van der Waals surface area contributed by atoms with E-state index in [0.29, 0.717) is 12.1 Å². The summed E-state index contributed by atoms with van der Waals surface area (Å²) in [5.41, 5.74) is 6.20. The van der Waals surface area contributed by atoms with Crippen molar-refractivity contribution < 1.29 is 5.11 Å².